The second kappa shape index (κ2) is 7.02. The van der Waals surface area contributed by atoms with Crippen molar-refractivity contribution in [1.29, 1.82) is 0 Å². The van der Waals surface area contributed by atoms with Gasteiger partial charge in [0.2, 0.25) is 0 Å². The molecule has 4 N–H and O–H groups in total. The van der Waals surface area contributed by atoms with Gasteiger partial charge in [-0.2, -0.15) is 25.3 Å². The van der Waals surface area contributed by atoms with Gasteiger partial charge in [0.25, 0.3) is 0 Å². The average molecular weight is 189 g/mol. The summed E-state index contributed by atoms with van der Waals surface area (Å²) in [6, 6.07) is -0.0355. The van der Waals surface area contributed by atoms with Gasteiger partial charge in [-0.05, 0) is 0 Å². The predicted octanol–water partition coefficient (Wildman–Crippen LogP) is -0.0776. The molecule has 0 heterocycles. The number of hydrogen-bond acceptors (Lipinski definition) is 4. The molecule has 58 valence electrons. The largest absolute Gasteiger partial charge is 0.326 e. The lowest BCUT2D eigenvalue weighted by Gasteiger charge is -2.13. The van der Waals surface area contributed by atoms with Crippen LogP contribution in [0.5, 0.6) is 0 Å². The van der Waals surface area contributed by atoms with Gasteiger partial charge in [0.1, 0.15) is 0 Å². The first-order valence-electron chi connectivity index (χ1n) is 2.45. The zero-order valence-electron chi connectivity index (χ0n) is 5.03. The third-order valence-electron chi connectivity index (χ3n) is 0.972. The molecule has 0 aromatic heterocycles. The van der Waals surface area contributed by atoms with Crippen LogP contribution in [-0.2, 0) is 0 Å². The molecular weight excluding hydrogens is 176 g/mol. The fraction of sp³-hybridized carbons (Fsp3) is 1.00. The molecule has 0 aliphatic heterocycles. The van der Waals surface area contributed by atoms with Gasteiger partial charge >= 0.3 is 0 Å². The third-order valence-corrected chi connectivity index (χ3v) is 1.81. The van der Waals surface area contributed by atoms with E-state index < -0.39 is 0 Å². The molecule has 0 fully saturated rings. The molecule has 0 saturated heterocycles. The lowest BCUT2D eigenvalue weighted by atomic mass is 10.2. The van der Waals surface area contributed by atoms with Gasteiger partial charge in [0.15, 0.2) is 0 Å². The van der Waals surface area contributed by atoms with Crippen molar-refractivity contribution >= 4 is 37.7 Å². The van der Waals surface area contributed by atoms with E-state index in [4.69, 9.17) is 11.5 Å². The molecule has 0 bridgehead atoms. The average Bonchev–Trinajstić information content (AvgIpc) is 1.84. The van der Waals surface area contributed by atoms with Crippen molar-refractivity contribution in [3.8, 4) is 0 Å². The molecule has 0 aromatic rings. The second-order valence-corrected chi connectivity index (χ2v) is 2.42. The van der Waals surface area contributed by atoms with Crippen molar-refractivity contribution in [2.24, 2.45) is 11.5 Å². The minimum Gasteiger partial charge on any atom is -0.326 e. The summed E-state index contributed by atoms with van der Waals surface area (Å²) in [5.41, 5.74) is 11.0. The molecule has 5 heteroatoms. The molecular formula is C4H13ClN2S2. The highest BCUT2D eigenvalue weighted by molar-refractivity contribution is 7.80. The maximum Gasteiger partial charge on any atom is 0.0289 e. The number of halogens is 1. The molecule has 2 atom stereocenters. The van der Waals surface area contributed by atoms with E-state index in [1.807, 2.05) is 0 Å². The topological polar surface area (TPSA) is 52.0 Å². The summed E-state index contributed by atoms with van der Waals surface area (Å²) in [7, 11) is 0. The maximum atomic E-state index is 5.48. The van der Waals surface area contributed by atoms with Gasteiger partial charge in [-0.1, -0.05) is 0 Å². The minimum atomic E-state index is -0.0177. The fourth-order valence-corrected chi connectivity index (χ4v) is 0.812. The van der Waals surface area contributed by atoms with E-state index in [1.165, 1.54) is 0 Å². The number of nitrogens with two attached hydrogens (primary N) is 2. The van der Waals surface area contributed by atoms with Gasteiger partial charge in [0.05, 0.1) is 0 Å². The molecule has 0 aliphatic rings. The summed E-state index contributed by atoms with van der Waals surface area (Å²) in [5, 5.41) is 0. The molecule has 0 aliphatic carbocycles. The Bertz CT molecular complexity index is 56.5. The van der Waals surface area contributed by atoms with Crippen LogP contribution in [0.3, 0.4) is 0 Å². The normalized spacial score (nSPS) is 16.0. The van der Waals surface area contributed by atoms with Crippen molar-refractivity contribution in [1.82, 2.24) is 0 Å². The van der Waals surface area contributed by atoms with E-state index in [9.17, 15) is 0 Å². The van der Waals surface area contributed by atoms with Crippen molar-refractivity contribution in [2.75, 3.05) is 11.5 Å². The Balaban J connectivity index is 0. The monoisotopic (exact) mass is 188 g/mol. The predicted molar refractivity (Wildman–Crippen MR) is 50.9 cm³/mol. The lowest BCUT2D eigenvalue weighted by Crippen LogP contribution is -2.43. The van der Waals surface area contributed by atoms with E-state index in [1.54, 1.807) is 0 Å². The fourth-order valence-electron chi connectivity index (χ4n) is 0.271. The van der Waals surface area contributed by atoms with E-state index >= 15 is 0 Å². The summed E-state index contributed by atoms with van der Waals surface area (Å²) in [6.45, 7) is 0. The molecule has 0 rings (SSSR count). The first kappa shape index (κ1) is 12.6. The summed E-state index contributed by atoms with van der Waals surface area (Å²) < 4.78 is 0. The lowest BCUT2D eigenvalue weighted by molar-refractivity contribution is 0.621. The Kier molecular flexibility index (Phi) is 9.81. The first-order chi connectivity index (χ1) is 3.72. The quantitative estimate of drug-likeness (QED) is 0.469. The van der Waals surface area contributed by atoms with Gasteiger partial charge in [-0.15, -0.1) is 12.4 Å². The van der Waals surface area contributed by atoms with Gasteiger partial charge in [0, 0.05) is 23.6 Å². The molecule has 0 spiro atoms. The Hall–Kier alpha value is 0.910. The van der Waals surface area contributed by atoms with Crippen LogP contribution in [0.1, 0.15) is 0 Å². The SMILES string of the molecule is Cl.NC(CS)C(N)CS. The molecule has 2 nitrogen and oxygen atoms in total. The van der Waals surface area contributed by atoms with Crippen molar-refractivity contribution in [3.63, 3.8) is 0 Å². The summed E-state index contributed by atoms with van der Waals surface area (Å²) >= 11 is 7.94. The summed E-state index contributed by atoms with van der Waals surface area (Å²) in [4.78, 5) is 0. The Morgan fingerprint density at radius 2 is 1.22 bits per heavy atom. The van der Waals surface area contributed by atoms with Crippen molar-refractivity contribution in [2.45, 2.75) is 12.1 Å². The van der Waals surface area contributed by atoms with Gasteiger partial charge in [-0.25, -0.2) is 0 Å². The Morgan fingerprint density at radius 3 is 1.33 bits per heavy atom. The van der Waals surface area contributed by atoms with Crippen molar-refractivity contribution < 1.29 is 0 Å². The highest BCUT2D eigenvalue weighted by Crippen LogP contribution is 1.91. The van der Waals surface area contributed by atoms with E-state index in [-0.39, 0.29) is 24.5 Å². The van der Waals surface area contributed by atoms with E-state index in [2.05, 4.69) is 25.3 Å². The smallest absolute Gasteiger partial charge is 0.0289 e. The molecule has 0 saturated carbocycles. The Morgan fingerprint density at radius 1 is 1.00 bits per heavy atom. The molecule has 0 amide bonds. The van der Waals surface area contributed by atoms with Gasteiger partial charge in [-0.3, -0.25) is 0 Å². The second-order valence-electron chi connectivity index (χ2n) is 1.69. The minimum absolute atomic E-state index is 0. The van der Waals surface area contributed by atoms with E-state index in [0.717, 1.165) is 0 Å². The zero-order valence-corrected chi connectivity index (χ0v) is 7.63. The summed E-state index contributed by atoms with van der Waals surface area (Å²) in [6.07, 6.45) is 0. The molecule has 0 radical (unpaired) electrons. The van der Waals surface area contributed by atoms with Gasteiger partial charge < -0.3 is 11.5 Å². The highest BCUT2D eigenvalue weighted by Gasteiger charge is 2.07. The number of thiol groups is 2. The maximum absolute atomic E-state index is 5.48. The molecule has 9 heavy (non-hydrogen) atoms. The highest BCUT2D eigenvalue weighted by atomic mass is 35.5. The van der Waals surface area contributed by atoms with Crippen LogP contribution in [0.2, 0.25) is 0 Å². The van der Waals surface area contributed by atoms with Crippen LogP contribution in [0, 0.1) is 0 Å². The van der Waals surface area contributed by atoms with Crippen LogP contribution in [0.25, 0.3) is 0 Å². The third kappa shape index (κ3) is 5.36. The molecule has 0 aromatic carbocycles. The first-order valence-corrected chi connectivity index (χ1v) is 3.71. The number of hydrogen-bond donors (Lipinski definition) is 4. The summed E-state index contributed by atoms with van der Waals surface area (Å²) in [5.74, 6) is 1.25. The van der Waals surface area contributed by atoms with E-state index in [0.29, 0.717) is 11.5 Å². The number of rotatable bonds is 3. The molecule has 2 unspecified atom stereocenters. The van der Waals surface area contributed by atoms with Crippen molar-refractivity contribution in [3.05, 3.63) is 0 Å². The van der Waals surface area contributed by atoms with Crippen LogP contribution in [0.15, 0.2) is 0 Å². The van der Waals surface area contributed by atoms with Crippen LogP contribution < -0.4 is 11.5 Å². The van der Waals surface area contributed by atoms with Crippen LogP contribution in [0.4, 0.5) is 0 Å². The Labute approximate surface area is 73.0 Å². The zero-order chi connectivity index (χ0) is 6.57. The van der Waals surface area contributed by atoms with Crippen LogP contribution >= 0.6 is 37.7 Å². The standard InChI is InChI=1S/C4H12N2S2.ClH/c5-3(1-7)4(6)2-8;/h3-4,7-8H,1-2,5-6H2;1H. The van der Waals surface area contributed by atoms with Crippen LogP contribution in [-0.4, -0.2) is 23.6 Å².